The third kappa shape index (κ3) is 5.48. The number of benzene rings is 2. The first kappa shape index (κ1) is 22.3. The number of furan rings is 1. The Labute approximate surface area is 191 Å². The standard InChI is InChI=1S/C25H25N3O5/c29-16-17-10-12-28(13-11-17)25(32)19-3-1-4-21(15-19)27-23(30)18-6-8-20(9-7-18)26-24(31)22-5-2-14-33-22/h1-9,14-15,17,29H,10-13,16H2,(H,26,31)(H,27,30). The van der Waals surface area contributed by atoms with E-state index in [9.17, 15) is 19.5 Å². The molecule has 1 aliphatic heterocycles. The minimum absolute atomic E-state index is 0.0841. The fourth-order valence-corrected chi connectivity index (χ4v) is 3.74. The van der Waals surface area contributed by atoms with Crippen LogP contribution in [0.3, 0.4) is 0 Å². The maximum Gasteiger partial charge on any atom is 0.291 e. The van der Waals surface area contributed by atoms with Crippen LogP contribution in [0.5, 0.6) is 0 Å². The molecule has 0 bridgehead atoms. The maximum absolute atomic E-state index is 12.8. The van der Waals surface area contributed by atoms with E-state index in [4.69, 9.17) is 4.42 Å². The van der Waals surface area contributed by atoms with E-state index in [1.165, 1.54) is 6.26 Å². The van der Waals surface area contributed by atoms with Gasteiger partial charge < -0.3 is 25.1 Å². The zero-order valence-electron chi connectivity index (χ0n) is 18.0. The lowest BCUT2D eigenvalue weighted by molar-refractivity contribution is 0.0650. The predicted octanol–water partition coefficient (Wildman–Crippen LogP) is 3.63. The Balaban J connectivity index is 1.36. The molecule has 1 fully saturated rings. The third-order valence-corrected chi connectivity index (χ3v) is 5.68. The molecule has 3 aromatic rings. The molecule has 1 aromatic heterocycles. The van der Waals surface area contributed by atoms with Crippen molar-refractivity contribution in [2.75, 3.05) is 30.3 Å². The highest BCUT2D eigenvalue weighted by Crippen LogP contribution is 2.20. The second kappa shape index (κ2) is 10.1. The molecule has 2 heterocycles. The number of rotatable bonds is 6. The number of nitrogens with one attached hydrogen (secondary N) is 2. The molecule has 0 unspecified atom stereocenters. The van der Waals surface area contributed by atoms with Gasteiger partial charge in [-0.15, -0.1) is 0 Å². The Morgan fingerprint density at radius 1 is 0.879 bits per heavy atom. The second-order valence-corrected chi connectivity index (χ2v) is 7.96. The van der Waals surface area contributed by atoms with Crippen molar-refractivity contribution in [3.63, 3.8) is 0 Å². The third-order valence-electron chi connectivity index (χ3n) is 5.68. The fourth-order valence-electron chi connectivity index (χ4n) is 3.74. The van der Waals surface area contributed by atoms with Crippen LogP contribution in [0.2, 0.25) is 0 Å². The summed E-state index contributed by atoms with van der Waals surface area (Å²) in [6.45, 7) is 1.38. The molecule has 1 aliphatic rings. The molecule has 170 valence electrons. The number of piperidine rings is 1. The number of carbonyl (C=O) groups is 3. The van der Waals surface area contributed by atoms with Crippen molar-refractivity contribution in [3.05, 3.63) is 83.8 Å². The van der Waals surface area contributed by atoms with Crippen LogP contribution in [0.15, 0.2) is 71.3 Å². The summed E-state index contributed by atoms with van der Waals surface area (Å²) >= 11 is 0. The molecule has 0 spiro atoms. The average Bonchev–Trinajstić information content (AvgIpc) is 3.39. The van der Waals surface area contributed by atoms with Crippen molar-refractivity contribution < 1.29 is 23.9 Å². The first-order valence-corrected chi connectivity index (χ1v) is 10.8. The summed E-state index contributed by atoms with van der Waals surface area (Å²) in [5.41, 5.74) is 1.97. The molecule has 8 nitrogen and oxygen atoms in total. The van der Waals surface area contributed by atoms with Gasteiger partial charge in [-0.25, -0.2) is 0 Å². The Hall–Kier alpha value is -3.91. The van der Waals surface area contributed by atoms with Crippen LogP contribution in [0.25, 0.3) is 0 Å². The lowest BCUT2D eigenvalue weighted by Crippen LogP contribution is -2.39. The summed E-state index contributed by atoms with van der Waals surface area (Å²) in [5.74, 6) is -0.334. The van der Waals surface area contributed by atoms with Crippen molar-refractivity contribution in [1.29, 1.82) is 0 Å². The van der Waals surface area contributed by atoms with Gasteiger partial charge in [0, 0.05) is 42.2 Å². The van der Waals surface area contributed by atoms with E-state index in [1.807, 2.05) is 0 Å². The van der Waals surface area contributed by atoms with Gasteiger partial charge in [-0.1, -0.05) is 6.07 Å². The highest BCUT2D eigenvalue weighted by molar-refractivity contribution is 6.06. The Morgan fingerprint density at radius 2 is 1.61 bits per heavy atom. The molecule has 0 saturated carbocycles. The van der Waals surface area contributed by atoms with Crippen LogP contribution in [0.4, 0.5) is 11.4 Å². The molecule has 33 heavy (non-hydrogen) atoms. The Bertz CT molecular complexity index is 1120. The second-order valence-electron chi connectivity index (χ2n) is 7.96. The van der Waals surface area contributed by atoms with Gasteiger partial charge in [-0.2, -0.15) is 0 Å². The molecular weight excluding hydrogens is 422 g/mol. The van der Waals surface area contributed by atoms with E-state index in [1.54, 1.807) is 65.6 Å². The first-order valence-electron chi connectivity index (χ1n) is 10.8. The fraction of sp³-hybridized carbons (Fsp3) is 0.240. The normalized spacial score (nSPS) is 14.0. The van der Waals surface area contributed by atoms with Gasteiger partial charge in [0.1, 0.15) is 0 Å². The first-order chi connectivity index (χ1) is 16.0. The van der Waals surface area contributed by atoms with E-state index in [0.29, 0.717) is 35.6 Å². The Kier molecular flexibility index (Phi) is 6.85. The van der Waals surface area contributed by atoms with E-state index in [2.05, 4.69) is 10.6 Å². The molecule has 4 rings (SSSR count). The number of anilines is 2. The van der Waals surface area contributed by atoms with Crippen LogP contribution in [0, 0.1) is 5.92 Å². The number of likely N-dealkylation sites (tertiary alicyclic amines) is 1. The number of hydrogen-bond donors (Lipinski definition) is 3. The average molecular weight is 447 g/mol. The summed E-state index contributed by atoms with van der Waals surface area (Å²) in [6.07, 6.45) is 3.00. The highest BCUT2D eigenvalue weighted by Gasteiger charge is 2.23. The van der Waals surface area contributed by atoms with E-state index in [0.717, 1.165) is 12.8 Å². The molecule has 0 radical (unpaired) electrons. The van der Waals surface area contributed by atoms with Crippen LogP contribution in [-0.4, -0.2) is 47.4 Å². The van der Waals surface area contributed by atoms with Crippen molar-refractivity contribution in [1.82, 2.24) is 4.90 Å². The zero-order valence-corrected chi connectivity index (χ0v) is 18.0. The van der Waals surface area contributed by atoms with Crippen LogP contribution < -0.4 is 10.6 Å². The van der Waals surface area contributed by atoms with Gasteiger partial charge >= 0.3 is 0 Å². The molecular formula is C25H25N3O5. The summed E-state index contributed by atoms with van der Waals surface area (Å²) in [6, 6.07) is 16.5. The number of amides is 3. The van der Waals surface area contributed by atoms with Gasteiger partial charge in [0.25, 0.3) is 17.7 Å². The van der Waals surface area contributed by atoms with Crippen molar-refractivity contribution in [2.24, 2.45) is 5.92 Å². The number of carbonyl (C=O) groups excluding carboxylic acids is 3. The zero-order chi connectivity index (χ0) is 23.2. The minimum atomic E-state index is -0.376. The topological polar surface area (TPSA) is 112 Å². The van der Waals surface area contributed by atoms with Gasteiger partial charge in [0.15, 0.2) is 5.76 Å². The van der Waals surface area contributed by atoms with E-state index >= 15 is 0 Å². The molecule has 3 amide bonds. The van der Waals surface area contributed by atoms with Crippen molar-refractivity contribution in [2.45, 2.75) is 12.8 Å². The van der Waals surface area contributed by atoms with E-state index in [-0.39, 0.29) is 36.0 Å². The highest BCUT2D eigenvalue weighted by atomic mass is 16.3. The molecule has 1 saturated heterocycles. The minimum Gasteiger partial charge on any atom is -0.459 e. The monoisotopic (exact) mass is 447 g/mol. The summed E-state index contributed by atoms with van der Waals surface area (Å²) in [7, 11) is 0. The lowest BCUT2D eigenvalue weighted by Gasteiger charge is -2.31. The smallest absolute Gasteiger partial charge is 0.291 e. The molecule has 2 aromatic carbocycles. The van der Waals surface area contributed by atoms with Crippen molar-refractivity contribution >= 4 is 29.1 Å². The van der Waals surface area contributed by atoms with Gasteiger partial charge in [0.05, 0.1) is 6.26 Å². The van der Waals surface area contributed by atoms with Crippen LogP contribution >= 0.6 is 0 Å². The van der Waals surface area contributed by atoms with E-state index < -0.39 is 0 Å². The summed E-state index contributed by atoms with van der Waals surface area (Å²) < 4.78 is 5.06. The lowest BCUT2D eigenvalue weighted by atomic mass is 9.97. The quantitative estimate of drug-likeness (QED) is 0.534. The molecule has 0 aliphatic carbocycles. The summed E-state index contributed by atoms with van der Waals surface area (Å²) in [5, 5.41) is 14.8. The number of aliphatic hydroxyl groups is 1. The Morgan fingerprint density at radius 3 is 2.27 bits per heavy atom. The molecule has 0 atom stereocenters. The van der Waals surface area contributed by atoms with Crippen LogP contribution in [-0.2, 0) is 0 Å². The molecule has 3 N–H and O–H groups in total. The number of aliphatic hydroxyl groups excluding tert-OH is 1. The summed E-state index contributed by atoms with van der Waals surface area (Å²) in [4.78, 5) is 39.3. The van der Waals surface area contributed by atoms with Gasteiger partial charge in [-0.3, -0.25) is 14.4 Å². The van der Waals surface area contributed by atoms with Crippen molar-refractivity contribution in [3.8, 4) is 0 Å². The van der Waals surface area contributed by atoms with Crippen LogP contribution in [0.1, 0.15) is 44.1 Å². The van der Waals surface area contributed by atoms with Gasteiger partial charge in [-0.05, 0) is 73.4 Å². The largest absolute Gasteiger partial charge is 0.459 e. The SMILES string of the molecule is O=C(Nc1cccc(C(=O)N2CCC(CO)CC2)c1)c1ccc(NC(=O)c2ccco2)cc1. The predicted molar refractivity (Wildman–Crippen MR) is 123 cm³/mol. The molecule has 8 heteroatoms. The van der Waals surface area contributed by atoms with Gasteiger partial charge in [0.2, 0.25) is 0 Å². The number of hydrogen-bond acceptors (Lipinski definition) is 5. The number of nitrogens with zero attached hydrogens (tertiary/aromatic N) is 1. The maximum atomic E-state index is 12.8.